The van der Waals surface area contributed by atoms with Crippen LogP contribution < -0.4 is 15.2 Å². The molecular formula is C28H43NO10. The van der Waals surface area contributed by atoms with Crippen molar-refractivity contribution < 1.29 is 48.0 Å². The topological polar surface area (TPSA) is 161 Å². The van der Waals surface area contributed by atoms with E-state index in [0.717, 1.165) is 0 Å². The molecule has 0 heterocycles. The van der Waals surface area contributed by atoms with Gasteiger partial charge in [-0.3, -0.25) is 9.59 Å². The molecule has 0 aromatic heterocycles. The fourth-order valence-corrected chi connectivity index (χ4v) is 3.41. The number of esters is 1. The number of carboxylic acid groups (broad SMARTS) is 1. The van der Waals surface area contributed by atoms with E-state index in [-0.39, 0.29) is 29.8 Å². The average molecular weight is 554 g/mol. The Morgan fingerprint density at radius 1 is 0.846 bits per heavy atom. The van der Waals surface area contributed by atoms with Crippen LogP contribution in [0.3, 0.4) is 0 Å². The van der Waals surface area contributed by atoms with E-state index in [0.29, 0.717) is 18.4 Å². The normalized spacial score (nSPS) is 15.2. The van der Waals surface area contributed by atoms with Crippen LogP contribution in [0.5, 0.6) is 11.5 Å². The number of aliphatic carboxylic acids is 1. The zero-order chi connectivity index (χ0) is 29.9. The van der Waals surface area contributed by atoms with E-state index >= 15 is 0 Å². The molecule has 0 saturated carbocycles. The predicted octanol–water partition coefficient (Wildman–Crippen LogP) is 5.57. The van der Waals surface area contributed by atoms with Gasteiger partial charge in [-0.2, -0.15) is 0 Å². The highest BCUT2D eigenvalue weighted by Crippen LogP contribution is 2.35. The lowest BCUT2D eigenvalue weighted by atomic mass is 9.86. The number of hydrogen-bond acceptors (Lipinski definition) is 10. The van der Waals surface area contributed by atoms with E-state index in [2.05, 4.69) is 0 Å². The molecule has 1 aromatic carbocycles. The highest BCUT2D eigenvalue weighted by atomic mass is 16.7. The first-order chi connectivity index (χ1) is 18.1. The van der Waals surface area contributed by atoms with Gasteiger partial charge in [-0.15, -0.1) is 0 Å². The lowest BCUT2D eigenvalue weighted by Gasteiger charge is -2.26. The number of carbonyl (C=O) groups is 4. The van der Waals surface area contributed by atoms with Crippen LogP contribution in [0.25, 0.3) is 0 Å². The van der Waals surface area contributed by atoms with Crippen molar-refractivity contribution >= 4 is 24.2 Å². The van der Waals surface area contributed by atoms with E-state index in [9.17, 15) is 24.3 Å². The molecular weight excluding hydrogens is 510 g/mol. The number of ether oxygens (including phenoxy) is 5. The Labute approximate surface area is 230 Å². The molecule has 11 nitrogen and oxygen atoms in total. The highest BCUT2D eigenvalue weighted by molar-refractivity contribution is 5.75. The molecule has 0 aliphatic heterocycles. The standard InChI is InChI=1S/C28H43NO10/c1-9-16(3)36-26(33)38-21-12-11-19(14-22(21)39-27(34)37-17(4)10-2)20(24(29)25(31)32)13-18(5)35-23(30)15-28(6,7)8/h11-12,14,16-18,20,24H,9-10,13,15,29H2,1-8H3,(H,31,32)/t16?,17?,18?,20?,24-/m0/s1. The maximum Gasteiger partial charge on any atom is 0.514 e. The van der Waals surface area contributed by atoms with Crippen LogP contribution >= 0.6 is 0 Å². The van der Waals surface area contributed by atoms with E-state index in [1.54, 1.807) is 20.8 Å². The van der Waals surface area contributed by atoms with Gasteiger partial charge in [0.05, 0.1) is 12.5 Å². The van der Waals surface area contributed by atoms with Crippen molar-refractivity contribution in [2.75, 3.05) is 0 Å². The van der Waals surface area contributed by atoms with Crippen LogP contribution in [-0.2, 0) is 23.8 Å². The second-order valence-electron chi connectivity index (χ2n) is 10.8. The maximum atomic E-state index is 12.4. The Bertz CT molecular complexity index is 987. The summed E-state index contributed by atoms with van der Waals surface area (Å²) >= 11 is 0. The minimum absolute atomic E-state index is 0.0658. The summed E-state index contributed by atoms with van der Waals surface area (Å²) in [5, 5.41) is 9.66. The minimum Gasteiger partial charge on any atom is -0.480 e. The predicted molar refractivity (Wildman–Crippen MR) is 143 cm³/mol. The van der Waals surface area contributed by atoms with Gasteiger partial charge in [0, 0.05) is 5.92 Å². The zero-order valence-corrected chi connectivity index (χ0v) is 24.1. The smallest absolute Gasteiger partial charge is 0.480 e. The molecule has 0 aliphatic rings. The summed E-state index contributed by atoms with van der Waals surface area (Å²) in [6.07, 6.45) is -2.20. The van der Waals surface area contributed by atoms with Gasteiger partial charge in [-0.1, -0.05) is 40.7 Å². The van der Waals surface area contributed by atoms with Gasteiger partial charge in [-0.05, 0) is 63.1 Å². The third-order valence-electron chi connectivity index (χ3n) is 5.84. The first-order valence-electron chi connectivity index (χ1n) is 13.1. The largest absolute Gasteiger partial charge is 0.514 e. The first kappa shape index (κ1) is 33.7. The molecule has 0 fully saturated rings. The van der Waals surface area contributed by atoms with Crippen molar-refractivity contribution in [1.29, 1.82) is 0 Å². The van der Waals surface area contributed by atoms with Gasteiger partial charge >= 0.3 is 24.2 Å². The van der Waals surface area contributed by atoms with Crippen molar-refractivity contribution in [3.05, 3.63) is 23.8 Å². The molecule has 220 valence electrons. The quantitative estimate of drug-likeness (QED) is 0.178. The van der Waals surface area contributed by atoms with Gasteiger partial charge in [0.25, 0.3) is 0 Å². The van der Waals surface area contributed by atoms with Gasteiger partial charge in [0.15, 0.2) is 11.5 Å². The number of benzene rings is 1. The molecule has 0 bridgehead atoms. The van der Waals surface area contributed by atoms with E-state index in [1.807, 2.05) is 34.6 Å². The molecule has 0 saturated heterocycles. The van der Waals surface area contributed by atoms with Crippen LogP contribution in [0.2, 0.25) is 0 Å². The molecule has 5 atom stereocenters. The zero-order valence-electron chi connectivity index (χ0n) is 24.1. The Morgan fingerprint density at radius 3 is 1.82 bits per heavy atom. The van der Waals surface area contributed by atoms with E-state index in [1.165, 1.54) is 18.2 Å². The van der Waals surface area contributed by atoms with Crippen LogP contribution in [0.15, 0.2) is 18.2 Å². The van der Waals surface area contributed by atoms with Crippen molar-refractivity contribution in [3.63, 3.8) is 0 Å². The van der Waals surface area contributed by atoms with Gasteiger partial charge in [0.2, 0.25) is 0 Å². The van der Waals surface area contributed by atoms with Crippen molar-refractivity contribution in [1.82, 2.24) is 0 Å². The fourth-order valence-electron chi connectivity index (χ4n) is 3.41. The number of carboxylic acids is 1. The first-order valence-corrected chi connectivity index (χ1v) is 13.1. The summed E-state index contributed by atoms with van der Waals surface area (Å²) in [6, 6.07) is 2.81. The second kappa shape index (κ2) is 15.3. The molecule has 3 N–H and O–H groups in total. The van der Waals surface area contributed by atoms with Gasteiger partial charge in [0.1, 0.15) is 18.2 Å². The number of hydrogen-bond donors (Lipinski definition) is 2. The van der Waals surface area contributed by atoms with Crippen molar-refractivity contribution in [2.24, 2.45) is 11.1 Å². The molecule has 1 rings (SSSR count). The molecule has 0 aliphatic carbocycles. The summed E-state index contributed by atoms with van der Waals surface area (Å²) < 4.78 is 26.4. The minimum atomic E-state index is -1.38. The molecule has 11 heteroatoms. The summed E-state index contributed by atoms with van der Waals surface area (Å²) in [5.74, 6) is -2.88. The van der Waals surface area contributed by atoms with Crippen molar-refractivity contribution in [2.45, 2.75) is 111 Å². The van der Waals surface area contributed by atoms with Crippen LogP contribution in [0.4, 0.5) is 9.59 Å². The third kappa shape index (κ3) is 12.4. The number of rotatable bonds is 13. The van der Waals surface area contributed by atoms with E-state index < -0.39 is 54.5 Å². The Balaban J connectivity index is 3.34. The molecule has 0 radical (unpaired) electrons. The molecule has 0 amide bonds. The lowest BCUT2D eigenvalue weighted by molar-refractivity contribution is -0.150. The summed E-state index contributed by atoms with van der Waals surface area (Å²) in [7, 11) is 0. The average Bonchev–Trinajstić information content (AvgIpc) is 2.81. The number of carbonyl (C=O) groups excluding carboxylic acids is 3. The fraction of sp³-hybridized carbons (Fsp3) is 0.643. The van der Waals surface area contributed by atoms with Crippen LogP contribution in [-0.4, -0.2) is 53.7 Å². The summed E-state index contributed by atoms with van der Waals surface area (Å²) in [4.78, 5) is 48.8. The lowest BCUT2D eigenvalue weighted by Crippen LogP contribution is -2.38. The Kier molecular flexibility index (Phi) is 13.2. The summed E-state index contributed by atoms with van der Waals surface area (Å²) in [6.45, 7) is 14.4. The van der Waals surface area contributed by atoms with Gasteiger partial charge < -0.3 is 34.5 Å². The molecule has 39 heavy (non-hydrogen) atoms. The molecule has 0 spiro atoms. The Morgan fingerprint density at radius 2 is 1.36 bits per heavy atom. The number of nitrogens with two attached hydrogens (primary N) is 1. The van der Waals surface area contributed by atoms with Crippen LogP contribution in [0, 0.1) is 5.41 Å². The van der Waals surface area contributed by atoms with E-state index in [4.69, 9.17) is 29.4 Å². The molecule has 1 aromatic rings. The summed E-state index contributed by atoms with van der Waals surface area (Å²) in [5.41, 5.74) is 6.10. The molecule has 4 unspecified atom stereocenters. The monoisotopic (exact) mass is 553 g/mol. The second-order valence-corrected chi connectivity index (χ2v) is 10.8. The SMILES string of the molecule is CCC(C)OC(=O)Oc1ccc(C(CC(C)OC(=O)CC(C)(C)C)[C@H](N)C(=O)O)cc1OC(=O)OC(C)CC. The third-order valence-corrected chi connectivity index (χ3v) is 5.84. The van der Waals surface area contributed by atoms with Gasteiger partial charge in [-0.25, -0.2) is 9.59 Å². The van der Waals surface area contributed by atoms with Crippen LogP contribution in [0.1, 0.15) is 92.6 Å². The highest BCUT2D eigenvalue weighted by Gasteiger charge is 2.31. The Hall–Kier alpha value is -3.34. The van der Waals surface area contributed by atoms with Crippen molar-refractivity contribution in [3.8, 4) is 11.5 Å². The maximum absolute atomic E-state index is 12.4.